The van der Waals surface area contributed by atoms with Crippen LogP contribution in [0.2, 0.25) is 0 Å². The van der Waals surface area contributed by atoms with Gasteiger partial charge in [-0.05, 0) is 30.7 Å². The Balaban J connectivity index is 1.78. The van der Waals surface area contributed by atoms with Gasteiger partial charge in [0, 0.05) is 11.9 Å². The smallest absolute Gasteiger partial charge is 0.320 e. The standard InChI is InChI=1S/C18H26N4O2/c1-2-3-4-5-6-7-12-19-18(24)22-16-11-9-14-8-10-15(13-23)20-17(14)21-16/h8-11,23H,2-7,12-13H2,1H3,(H2,19,20,21,22,24). The number of aliphatic hydroxyl groups is 1. The fraction of sp³-hybridized carbons (Fsp3) is 0.500. The summed E-state index contributed by atoms with van der Waals surface area (Å²) >= 11 is 0. The Morgan fingerprint density at radius 1 is 1.04 bits per heavy atom. The molecule has 2 heterocycles. The number of nitrogens with one attached hydrogen (secondary N) is 2. The molecule has 0 radical (unpaired) electrons. The molecule has 6 heteroatoms. The van der Waals surface area contributed by atoms with Gasteiger partial charge >= 0.3 is 6.03 Å². The van der Waals surface area contributed by atoms with Crippen LogP contribution in [0.1, 0.15) is 51.1 Å². The molecule has 0 spiro atoms. The molecule has 0 aliphatic heterocycles. The molecular formula is C18H26N4O2. The van der Waals surface area contributed by atoms with Crippen molar-refractivity contribution in [1.82, 2.24) is 15.3 Å². The SMILES string of the molecule is CCCCCCCCNC(=O)Nc1ccc2ccc(CO)nc2n1. The van der Waals surface area contributed by atoms with Gasteiger partial charge in [-0.25, -0.2) is 14.8 Å². The molecule has 2 aromatic heterocycles. The largest absolute Gasteiger partial charge is 0.390 e. The predicted molar refractivity (Wildman–Crippen MR) is 95.9 cm³/mol. The number of unbranched alkanes of at least 4 members (excludes halogenated alkanes) is 5. The van der Waals surface area contributed by atoms with Crippen molar-refractivity contribution in [1.29, 1.82) is 0 Å². The van der Waals surface area contributed by atoms with Crippen LogP contribution in [-0.4, -0.2) is 27.7 Å². The Morgan fingerprint density at radius 3 is 2.58 bits per heavy atom. The summed E-state index contributed by atoms with van der Waals surface area (Å²) in [4.78, 5) is 20.4. The first-order chi connectivity index (χ1) is 11.7. The topological polar surface area (TPSA) is 87.1 Å². The molecule has 2 aromatic rings. The molecule has 0 bridgehead atoms. The predicted octanol–water partition coefficient (Wildman–Crippen LogP) is 3.60. The van der Waals surface area contributed by atoms with Gasteiger partial charge in [-0.3, -0.25) is 5.32 Å². The van der Waals surface area contributed by atoms with Crippen LogP contribution in [0.3, 0.4) is 0 Å². The zero-order valence-corrected chi connectivity index (χ0v) is 14.2. The van der Waals surface area contributed by atoms with E-state index < -0.39 is 0 Å². The number of fused-ring (bicyclic) bond motifs is 1. The molecule has 0 unspecified atom stereocenters. The molecule has 0 saturated heterocycles. The van der Waals surface area contributed by atoms with Crippen molar-refractivity contribution in [2.24, 2.45) is 0 Å². The minimum atomic E-state index is -0.256. The zero-order valence-electron chi connectivity index (χ0n) is 14.2. The van der Waals surface area contributed by atoms with Gasteiger partial charge in [-0.2, -0.15) is 0 Å². The van der Waals surface area contributed by atoms with E-state index in [1.165, 1.54) is 25.7 Å². The van der Waals surface area contributed by atoms with Crippen molar-refractivity contribution in [2.45, 2.75) is 52.1 Å². The molecule has 2 amide bonds. The maximum atomic E-state index is 11.9. The highest BCUT2D eigenvalue weighted by Gasteiger charge is 2.05. The summed E-state index contributed by atoms with van der Waals surface area (Å²) in [6, 6.07) is 6.94. The Bertz CT molecular complexity index is 661. The number of aromatic nitrogens is 2. The van der Waals surface area contributed by atoms with Crippen LogP contribution in [0, 0.1) is 0 Å². The number of anilines is 1. The normalized spacial score (nSPS) is 10.8. The summed E-state index contributed by atoms with van der Waals surface area (Å²) in [6.07, 6.45) is 7.16. The molecular weight excluding hydrogens is 304 g/mol. The van der Waals surface area contributed by atoms with E-state index in [9.17, 15) is 4.79 Å². The number of hydrogen-bond donors (Lipinski definition) is 3. The van der Waals surface area contributed by atoms with E-state index >= 15 is 0 Å². The molecule has 24 heavy (non-hydrogen) atoms. The number of carbonyl (C=O) groups excluding carboxylic acids is 1. The minimum Gasteiger partial charge on any atom is -0.390 e. The van der Waals surface area contributed by atoms with Crippen molar-refractivity contribution >= 4 is 22.9 Å². The van der Waals surface area contributed by atoms with Crippen LogP contribution in [0.5, 0.6) is 0 Å². The summed E-state index contributed by atoms with van der Waals surface area (Å²) in [5, 5.41) is 15.6. The molecule has 0 aromatic carbocycles. The number of amides is 2. The van der Waals surface area contributed by atoms with Crippen molar-refractivity contribution in [3.05, 3.63) is 30.0 Å². The summed E-state index contributed by atoms with van der Waals surface area (Å²) in [7, 11) is 0. The van der Waals surface area contributed by atoms with E-state index in [2.05, 4.69) is 27.5 Å². The number of nitrogens with zero attached hydrogens (tertiary/aromatic N) is 2. The van der Waals surface area contributed by atoms with Crippen LogP contribution in [0.15, 0.2) is 24.3 Å². The first kappa shape index (κ1) is 18.1. The lowest BCUT2D eigenvalue weighted by Gasteiger charge is -2.08. The van der Waals surface area contributed by atoms with E-state index in [4.69, 9.17) is 5.11 Å². The molecule has 0 fully saturated rings. The Kier molecular flexibility index (Phi) is 7.42. The highest BCUT2D eigenvalue weighted by Crippen LogP contribution is 2.14. The van der Waals surface area contributed by atoms with Gasteiger partial charge < -0.3 is 10.4 Å². The van der Waals surface area contributed by atoms with Crippen molar-refractivity contribution < 1.29 is 9.90 Å². The molecule has 0 saturated carbocycles. The molecule has 130 valence electrons. The summed E-state index contributed by atoms with van der Waals surface area (Å²) in [5.41, 5.74) is 1.06. The molecule has 2 rings (SSSR count). The van der Waals surface area contributed by atoms with Crippen LogP contribution in [-0.2, 0) is 6.61 Å². The van der Waals surface area contributed by atoms with Gasteiger partial charge in [-0.1, -0.05) is 39.0 Å². The number of pyridine rings is 2. The lowest BCUT2D eigenvalue weighted by Crippen LogP contribution is -2.29. The highest BCUT2D eigenvalue weighted by atomic mass is 16.3. The first-order valence-corrected chi connectivity index (χ1v) is 8.65. The fourth-order valence-electron chi connectivity index (χ4n) is 2.46. The second-order valence-corrected chi connectivity index (χ2v) is 5.85. The van der Waals surface area contributed by atoms with Crippen LogP contribution >= 0.6 is 0 Å². The van der Waals surface area contributed by atoms with E-state index in [0.29, 0.717) is 23.7 Å². The van der Waals surface area contributed by atoms with E-state index in [1.807, 2.05) is 12.1 Å². The Hall–Kier alpha value is -2.21. The fourth-order valence-corrected chi connectivity index (χ4v) is 2.46. The maximum absolute atomic E-state index is 11.9. The molecule has 0 atom stereocenters. The number of carbonyl (C=O) groups is 1. The van der Waals surface area contributed by atoms with Gasteiger partial charge in [0.2, 0.25) is 0 Å². The minimum absolute atomic E-state index is 0.131. The Morgan fingerprint density at radius 2 is 1.79 bits per heavy atom. The average molecular weight is 330 g/mol. The third-order valence-electron chi connectivity index (χ3n) is 3.83. The molecule has 6 nitrogen and oxygen atoms in total. The summed E-state index contributed by atoms with van der Waals surface area (Å²) in [6.45, 7) is 2.74. The van der Waals surface area contributed by atoms with Crippen molar-refractivity contribution in [2.75, 3.05) is 11.9 Å². The second kappa shape index (κ2) is 9.82. The monoisotopic (exact) mass is 330 g/mol. The van der Waals surface area contributed by atoms with E-state index in [1.54, 1.807) is 12.1 Å². The number of urea groups is 1. The Labute approximate surface area is 142 Å². The number of hydrogen-bond acceptors (Lipinski definition) is 4. The van der Waals surface area contributed by atoms with Crippen molar-refractivity contribution in [3.63, 3.8) is 0 Å². The van der Waals surface area contributed by atoms with Crippen LogP contribution in [0.25, 0.3) is 11.0 Å². The number of rotatable bonds is 9. The lowest BCUT2D eigenvalue weighted by molar-refractivity contribution is 0.252. The zero-order chi connectivity index (χ0) is 17.2. The summed E-state index contributed by atoms with van der Waals surface area (Å²) < 4.78 is 0. The maximum Gasteiger partial charge on any atom is 0.320 e. The van der Waals surface area contributed by atoms with Crippen molar-refractivity contribution in [3.8, 4) is 0 Å². The first-order valence-electron chi connectivity index (χ1n) is 8.65. The highest BCUT2D eigenvalue weighted by molar-refractivity contribution is 5.89. The van der Waals surface area contributed by atoms with Gasteiger partial charge in [0.15, 0.2) is 5.65 Å². The van der Waals surface area contributed by atoms with Gasteiger partial charge in [0.25, 0.3) is 0 Å². The van der Waals surface area contributed by atoms with Gasteiger partial charge in [0.1, 0.15) is 5.82 Å². The molecule has 3 N–H and O–H groups in total. The quantitative estimate of drug-likeness (QED) is 0.613. The van der Waals surface area contributed by atoms with Crippen LogP contribution in [0.4, 0.5) is 10.6 Å². The van der Waals surface area contributed by atoms with Gasteiger partial charge in [0.05, 0.1) is 12.3 Å². The molecule has 0 aliphatic rings. The van der Waals surface area contributed by atoms with Crippen LogP contribution < -0.4 is 10.6 Å². The lowest BCUT2D eigenvalue weighted by atomic mass is 10.1. The third kappa shape index (κ3) is 5.77. The number of aliphatic hydroxyl groups excluding tert-OH is 1. The van der Waals surface area contributed by atoms with Gasteiger partial charge in [-0.15, -0.1) is 0 Å². The second-order valence-electron chi connectivity index (χ2n) is 5.85. The third-order valence-corrected chi connectivity index (χ3v) is 3.83. The molecule has 0 aliphatic carbocycles. The average Bonchev–Trinajstić information content (AvgIpc) is 2.60. The van der Waals surface area contributed by atoms with E-state index in [-0.39, 0.29) is 12.6 Å². The summed E-state index contributed by atoms with van der Waals surface area (Å²) in [5.74, 6) is 0.450. The van der Waals surface area contributed by atoms with E-state index in [0.717, 1.165) is 18.2 Å².